The Bertz CT molecular complexity index is 296. The summed E-state index contributed by atoms with van der Waals surface area (Å²) in [6.07, 6.45) is 5.80. The van der Waals surface area contributed by atoms with Crippen LogP contribution in [0.5, 0.6) is 0 Å². The lowest BCUT2D eigenvalue weighted by Crippen LogP contribution is -1.75. The van der Waals surface area contributed by atoms with Gasteiger partial charge in [-0.25, -0.2) is 0 Å². The molecule has 0 saturated carbocycles. The molecule has 0 aliphatic heterocycles. The molecule has 0 heterocycles. The molecule has 0 unspecified atom stereocenters. The molecule has 68 valence electrons. The Morgan fingerprint density at radius 3 is 2.62 bits per heavy atom. The summed E-state index contributed by atoms with van der Waals surface area (Å²) in [5.74, 6) is 0. The highest BCUT2D eigenvalue weighted by Crippen LogP contribution is 2.04. The maximum Gasteiger partial charge on any atom is 0.0617 e. The number of aliphatic hydroxyl groups is 1. The van der Waals surface area contributed by atoms with Gasteiger partial charge < -0.3 is 5.11 Å². The largest absolute Gasteiger partial charge is 0.392 e. The standard InChI is InChI=1S/C12H14O/c1-11(9-10-13)7-8-12-5-3-2-4-6-12/h2-9,13H,10H2,1H3/b8-7+,11-9+. The lowest BCUT2D eigenvalue weighted by Gasteiger charge is -1.92. The molecule has 1 heteroatoms. The van der Waals surface area contributed by atoms with E-state index in [9.17, 15) is 0 Å². The average Bonchev–Trinajstić information content (AvgIpc) is 2.17. The zero-order valence-electron chi connectivity index (χ0n) is 7.77. The highest BCUT2D eigenvalue weighted by Gasteiger charge is 1.83. The second kappa shape index (κ2) is 5.33. The quantitative estimate of drug-likeness (QED) is 0.698. The number of hydrogen-bond acceptors (Lipinski definition) is 1. The van der Waals surface area contributed by atoms with Crippen LogP contribution in [-0.2, 0) is 0 Å². The number of allylic oxidation sites excluding steroid dienone is 2. The van der Waals surface area contributed by atoms with Crippen molar-refractivity contribution in [3.63, 3.8) is 0 Å². The molecule has 13 heavy (non-hydrogen) atoms. The van der Waals surface area contributed by atoms with Crippen LogP contribution in [0.1, 0.15) is 12.5 Å². The average molecular weight is 174 g/mol. The van der Waals surface area contributed by atoms with Gasteiger partial charge in [0.25, 0.3) is 0 Å². The predicted octanol–water partition coefficient (Wildman–Crippen LogP) is 2.64. The number of benzene rings is 1. The van der Waals surface area contributed by atoms with Gasteiger partial charge in [0.15, 0.2) is 0 Å². The first-order valence-electron chi connectivity index (χ1n) is 4.33. The summed E-state index contributed by atoms with van der Waals surface area (Å²) in [5, 5.41) is 8.62. The van der Waals surface area contributed by atoms with Gasteiger partial charge in [-0.3, -0.25) is 0 Å². The van der Waals surface area contributed by atoms with Crippen LogP contribution in [0.4, 0.5) is 0 Å². The van der Waals surface area contributed by atoms with Crippen LogP contribution in [0.25, 0.3) is 6.08 Å². The first-order chi connectivity index (χ1) is 6.33. The number of aliphatic hydroxyl groups excluding tert-OH is 1. The summed E-state index contributed by atoms with van der Waals surface area (Å²) < 4.78 is 0. The monoisotopic (exact) mass is 174 g/mol. The Balaban J connectivity index is 2.64. The molecular weight excluding hydrogens is 160 g/mol. The van der Waals surface area contributed by atoms with E-state index >= 15 is 0 Å². The smallest absolute Gasteiger partial charge is 0.0617 e. The summed E-state index contributed by atoms with van der Waals surface area (Å²) in [6, 6.07) is 10.1. The maximum absolute atomic E-state index is 8.62. The van der Waals surface area contributed by atoms with Crippen molar-refractivity contribution in [3.8, 4) is 0 Å². The molecule has 0 aromatic heterocycles. The molecular formula is C12H14O. The van der Waals surface area contributed by atoms with Crippen molar-refractivity contribution in [1.29, 1.82) is 0 Å². The Hall–Kier alpha value is -1.34. The molecule has 1 aromatic rings. The Morgan fingerprint density at radius 1 is 1.31 bits per heavy atom. The van der Waals surface area contributed by atoms with Crippen molar-refractivity contribution < 1.29 is 5.11 Å². The summed E-state index contributed by atoms with van der Waals surface area (Å²) in [4.78, 5) is 0. The van der Waals surface area contributed by atoms with Crippen LogP contribution >= 0.6 is 0 Å². The highest BCUT2D eigenvalue weighted by molar-refractivity contribution is 5.52. The van der Waals surface area contributed by atoms with Crippen LogP contribution in [0, 0.1) is 0 Å². The van der Waals surface area contributed by atoms with Gasteiger partial charge in [-0.15, -0.1) is 0 Å². The first-order valence-corrected chi connectivity index (χ1v) is 4.33. The minimum atomic E-state index is 0.102. The molecule has 1 rings (SSSR count). The first kappa shape index (κ1) is 9.75. The van der Waals surface area contributed by atoms with Crippen LogP contribution in [0.2, 0.25) is 0 Å². The van der Waals surface area contributed by atoms with Crippen LogP contribution < -0.4 is 0 Å². The van der Waals surface area contributed by atoms with Crippen molar-refractivity contribution in [1.82, 2.24) is 0 Å². The summed E-state index contributed by atoms with van der Waals surface area (Å²) in [6.45, 7) is 2.07. The normalized spacial score (nSPS) is 12.3. The zero-order chi connectivity index (χ0) is 9.52. The van der Waals surface area contributed by atoms with Gasteiger partial charge in [-0.1, -0.05) is 54.1 Å². The molecule has 0 spiro atoms. The number of rotatable bonds is 3. The molecule has 0 saturated heterocycles. The van der Waals surface area contributed by atoms with Gasteiger partial charge in [0.05, 0.1) is 6.61 Å². The van der Waals surface area contributed by atoms with E-state index in [1.807, 2.05) is 49.4 Å². The van der Waals surface area contributed by atoms with Gasteiger partial charge in [0, 0.05) is 0 Å². The molecule has 0 aliphatic rings. The third-order valence-corrected chi connectivity index (χ3v) is 1.75. The molecule has 0 amide bonds. The molecule has 1 N–H and O–H groups in total. The third-order valence-electron chi connectivity index (χ3n) is 1.75. The van der Waals surface area contributed by atoms with E-state index in [-0.39, 0.29) is 6.61 Å². The van der Waals surface area contributed by atoms with E-state index in [4.69, 9.17) is 5.11 Å². The Kier molecular flexibility index (Phi) is 4.00. The van der Waals surface area contributed by atoms with Crippen molar-refractivity contribution in [3.05, 3.63) is 53.6 Å². The van der Waals surface area contributed by atoms with Crippen LogP contribution in [0.15, 0.2) is 48.1 Å². The van der Waals surface area contributed by atoms with E-state index in [1.54, 1.807) is 6.08 Å². The molecule has 0 radical (unpaired) electrons. The van der Waals surface area contributed by atoms with Crippen molar-refractivity contribution in [2.45, 2.75) is 6.92 Å². The van der Waals surface area contributed by atoms with Gasteiger partial charge in [-0.05, 0) is 12.5 Å². The summed E-state index contributed by atoms with van der Waals surface area (Å²) in [7, 11) is 0. The molecule has 0 bridgehead atoms. The lowest BCUT2D eigenvalue weighted by molar-refractivity contribution is 0.342. The fraction of sp³-hybridized carbons (Fsp3) is 0.167. The fourth-order valence-corrected chi connectivity index (χ4v) is 1.00. The Morgan fingerprint density at radius 2 is 2.00 bits per heavy atom. The fourth-order valence-electron chi connectivity index (χ4n) is 1.00. The van der Waals surface area contributed by atoms with Crippen molar-refractivity contribution >= 4 is 6.08 Å². The second-order valence-electron chi connectivity index (χ2n) is 2.87. The minimum Gasteiger partial charge on any atom is -0.392 e. The maximum atomic E-state index is 8.62. The van der Waals surface area contributed by atoms with E-state index in [0.29, 0.717) is 0 Å². The van der Waals surface area contributed by atoms with Gasteiger partial charge >= 0.3 is 0 Å². The topological polar surface area (TPSA) is 20.2 Å². The molecule has 1 nitrogen and oxygen atoms in total. The summed E-state index contributed by atoms with van der Waals surface area (Å²) >= 11 is 0. The van der Waals surface area contributed by atoms with Crippen molar-refractivity contribution in [2.75, 3.05) is 6.61 Å². The molecule has 1 aromatic carbocycles. The second-order valence-corrected chi connectivity index (χ2v) is 2.87. The van der Waals surface area contributed by atoms with Gasteiger partial charge in [0.2, 0.25) is 0 Å². The minimum absolute atomic E-state index is 0.102. The van der Waals surface area contributed by atoms with Gasteiger partial charge in [0.1, 0.15) is 0 Å². The molecule has 0 fully saturated rings. The number of hydrogen-bond donors (Lipinski definition) is 1. The predicted molar refractivity (Wildman–Crippen MR) is 56.3 cm³/mol. The van der Waals surface area contributed by atoms with E-state index in [0.717, 1.165) is 5.57 Å². The van der Waals surface area contributed by atoms with E-state index in [2.05, 4.69) is 0 Å². The van der Waals surface area contributed by atoms with Crippen LogP contribution in [-0.4, -0.2) is 11.7 Å². The third kappa shape index (κ3) is 3.72. The SMILES string of the molecule is CC(/C=C/c1ccccc1)=C\CO. The highest BCUT2D eigenvalue weighted by atomic mass is 16.2. The van der Waals surface area contributed by atoms with Crippen LogP contribution in [0.3, 0.4) is 0 Å². The van der Waals surface area contributed by atoms with Crippen molar-refractivity contribution in [2.24, 2.45) is 0 Å². The van der Waals surface area contributed by atoms with E-state index in [1.165, 1.54) is 5.56 Å². The zero-order valence-corrected chi connectivity index (χ0v) is 7.77. The lowest BCUT2D eigenvalue weighted by atomic mass is 10.2. The summed E-state index contributed by atoms with van der Waals surface area (Å²) in [5.41, 5.74) is 2.25. The van der Waals surface area contributed by atoms with Gasteiger partial charge in [-0.2, -0.15) is 0 Å². The molecule has 0 atom stereocenters. The Labute approximate surface area is 79.0 Å². The van der Waals surface area contributed by atoms with E-state index < -0.39 is 0 Å². The molecule has 0 aliphatic carbocycles.